The molecule has 0 amide bonds. The van der Waals surface area contributed by atoms with Gasteiger partial charge in [0.1, 0.15) is 5.82 Å². The highest BCUT2D eigenvalue weighted by molar-refractivity contribution is 5.62. The van der Waals surface area contributed by atoms with Gasteiger partial charge in [-0.3, -0.25) is 4.98 Å². The van der Waals surface area contributed by atoms with Gasteiger partial charge in [-0.25, -0.2) is 4.98 Å². The third kappa shape index (κ3) is 4.57. The van der Waals surface area contributed by atoms with Crippen LogP contribution in [0.1, 0.15) is 22.4 Å². The number of aromatic nitrogens is 3. The van der Waals surface area contributed by atoms with Crippen molar-refractivity contribution in [3.05, 3.63) is 71.2 Å². The van der Waals surface area contributed by atoms with Crippen LogP contribution < -0.4 is 10.2 Å². The molecular weight excluding hydrogens is 322 g/mol. The molecule has 0 unspecified atom stereocenters. The van der Waals surface area contributed by atoms with Crippen LogP contribution in [0.25, 0.3) is 0 Å². The fraction of sp³-hybridized carbons (Fsp3) is 0.286. The van der Waals surface area contributed by atoms with Crippen molar-refractivity contribution in [3.8, 4) is 0 Å². The molecule has 5 nitrogen and oxygen atoms in total. The highest BCUT2D eigenvalue weighted by atomic mass is 15.2. The van der Waals surface area contributed by atoms with Crippen molar-refractivity contribution in [1.82, 2.24) is 15.0 Å². The fourth-order valence-electron chi connectivity index (χ4n) is 2.74. The molecule has 2 aromatic heterocycles. The van der Waals surface area contributed by atoms with Crippen molar-refractivity contribution in [2.24, 2.45) is 0 Å². The lowest BCUT2D eigenvalue weighted by Gasteiger charge is -2.19. The van der Waals surface area contributed by atoms with Gasteiger partial charge in [0, 0.05) is 43.4 Å². The van der Waals surface area contributed by atoms with E-state index in [2.05, 4.69) is 52.2 Å². The number of hydrogen-bond acceptors (Lipinski definition) is 5. The van der Waals surface area contributed by atoms with Gasteiger partial charge in [-0.15, -0.1) is 0 Å². The summed E-state index contributed by atoms with van der Waals surface area (Å²) in [6.07, 6.45) is 4.57. The molecule has 0 spiro atoms. The molecule has 1 N–H and O–H groups in total. The molecule has 2 heterocycles. The zero-order valence-corrected chi connectivity index (χ0v) is 15.8. The van der Waals surface area contributed by atoms with Crippen molar-refractivity contribution in [1.29, 1.82) is 0 Å². The van der Waals surface area contributed by atoms with E-state index in [0.29, 0.717) is 0 Å². The molecule has 0 radical (unpaired) electrons. The van der Waals surface area contributed by atoms with Gasteiger partial charge in [0.25, 0.3) is 0 Å². The van der Waals surface area contributed by atoms with Gasteiger partial charge >= 0.3 is 0 Å². The first kappa shape index (κ1) is 17.9. The molecule has 0 saturated carbocycles. The van der Waals surface area contributed by atoms with Crippen LogP contribution in [0.4, 0.5) is 17.5 Å². The van der Waals surface area contributed by atoms with Crippen LogP contribution in [0.5, 0.6) is 0 Å². The second-order valence-electron chi connectivity index (χ2n) is 6.66. The van der Waals surface area contributed by atoms with Gasteiger partial charge in [-0.2, -0.15) is 4.98 Å². The summed E-state index contributed by atoms with van der Waals surface area (Å²) in [4.78, 5) is 15.4. The van der Waals surface area contributed by atoms with Crippen LogP contribution in [0.2, 0.25) is 0 Å². The number of rotatable bonds is 6. The van der Waals surface area contributed by atoms with E-state index >= 15 is 0 Å². The van der Waals surface area contributed by atoms with Crippen LogP contribution in [0.15, 0.2) is 48.8 Å². The van der Waals surface area contributed by atoms with Gasteiger partial charge in [0.15, 0.2) is 0 Å². The second-order valence-corrected chi connectivity index (χ2v) is 6.66. The summed E-state index contributed by atoms with van der Waals surface area (Å²) in [7, 11) is 2.03. The molecule has 26 heavy (non-hydrogen) atoms. The monoisotopic (exact) mass is 347 g/mol. The normalized spacial score (nSPS) is 10.6. The summed E-state index contributed by atoms with van der Waals surface area (Å²) < 4.78 is 0. The van der Waals surface area contributed by atoms with Crippen molar-refractivity contribution in [3.63, 3.8) is 0 Å². The molecule has 0 aliphatic carbocycles. The Balaban J connectivity index is 1.75. The summed E-state index contributed by atoms with van der Waals surface area (Å²) in [5.74, 6) is 1.55. The Bertz CT molecular complexity index is 877. The highest BCUT2D eigenvalue weighted by Crippen LogP contribution is 2.22. The Morgan fingerprint density at radius 1 is 0.962 bits per heavy atom. The number of hydrogen-bond donors (Lipinski definition) is 1. The van der Waals surface area contributed by atoms with E-state index in [-0.39, 0.29) is 0 Å². The minimum absolute atomic E-state index is 0.729. The van der Waals surface area contributed by atoms with Crippen LogP contribution >= 0.6 is 0 Å². The van der Waals surface area contributed by atoms with E-state index in [1.165, 1.54) is 16.7 Å². The third-order valence-corrected chi connectivity index (χ3v) is 4.32. The molecule has 5 heteroatoms. The van der Waals surface area contributed by atoms with E-state index in [9.17, 15) is 0 Å². The predicted octanol–water partition coefficient (Wildman–Crippen LogP) is 4.22. The van der Waals surface area contributed by atoms with Crippen LogP contribution in [-0.4, -0.2) is 28.5 Å². The summed E-state index contributed by atoms with van der Waals surface area (Å²) in [6.45, 7) is 7.03. The van der Waals surface area contributed by atoms with Gasteiger partial charge in [0.2, 0.25) is 5.95 Å². The van der Waals surface area contributed by atoms with E-state index < -0.39 is 0 Å². The number of pyridine rings is 1. The van der Waals surface area contributed by atoms with Gasteiger partial charge in [0.05, 0.1) is 0 Å². The molecule has 0 aliphatic heterocycles. The molecule has 0 aliphatic rings. The Morgan fingerprint density at radius 3 is 2.50 bits per heavy atom. The first-order valence-corrected chi connectivity index (χ1v) is 8.81. The third-order valence-electron chi connectivity index (χ3n) is 4.32. The van der Waals surface area contributed by atoms with E-state index in [4.69, 9.17) is 4.98 Å². The first-order valence-electron chi connectivity index (χ1n) is 8.81. The number of benzene rings is 1. The molecule has 0 bridgehead atoms. The average molecular weight is 347 g/mol. The number of aryl methyl sites for hydroxylation is 3. The minimum Gasteiger partial charge on any atom is -0.343 e. The second kappa shape index (κ2) is 7.95. The predicted molar refractivity (Wildman–Crippen MR) is 107 cm³/mol. The lowest BCUT2D eigenvalue weighted by Crippen LogP contribution is -2.23. The molecule has 3 aromatic rings. The molecular formula is C21H25N5. The zero-order valence-electron chi connectivity index (χ0n) is 15.8. The number of nitrogens with one attached hydrogen (secondary N) is 1. The fourth-order valence-corrected chi connectivity index (χ4v) is 2.74. The van der Waals surface area contributed by atoms with E-state index in [0.717, 1.165) is 36.1 Å². The van der Waals surface area contributed by atoms with Crippen molar-refractivity contribution >= 4 is 17.5 Å². The van der Waals surface area contributed by atoms with Crippen molar-refractivity contribution < 1.29 is 0 Å². The minimum atomic E-state index is 0.729. The summed E-state index contributed by atoms with van der Waals surface area (Å²) in [6, 6.07) is 12.4. The van der Waals surface area contributed by atoms with Crippen molar-refractivity contribution in [2.45, 2.75) is 27.2 Å². The van der Waals surface area contributed by atoms with Gasteiger partial charge in [-0.05, 0) is 62.1 Å². The number of anilines is 3. The zero-order chi connectivity index (χ0) is 18.5. The Labute approximate surface area is 155 Å². The van der Waals surface area contributed by atoms with E-state index in [1.54, 1.807) is 0 Å². The largest absolute Gasteiger partial charge is 0.343 e. The smallest absolute Gasteiger partial charge is 0.227 e. The maximum absolute atomic E-state index is 4.70. The molecule has 0 fully saturated rings. The molecule has 3 rings (SSSR count). The SMILES string of the molecule is Cc1ccc(C)c(Nc2cc(C)nc(N(C)CCc3ccncc3)n2)c1. The van der Waals surface area contributed by atoms with Crippen LogP contribution in [0.3, 0.4) is 0 Å². The maximum Gasteiger partial charge on any atom is 0.227 e. The molecule has 134 valence electrons. The molecule has 0 saturated heterocycles. The summed E-state index contributed by atoms with van der Waals surface area (Å²) in [5, 5.41) is 3.44. The summed E-state index contributed by atoms with van der Waals surface area (Å²) in [5.41, 5.74) is 5.69. The van der Waals surface area contributed by atoms with Crippen molar-refractivity contribution in [2.75, 3.05) is 23.8 Å². The standard InChI is InChI=1S/C21H25N5/c1-15-5-6-16(2)19(13-15)24-20-14-17(3)23-21(25-20)26(4)12-9-18-7-10-22-11-8-18/h5-8,10-11,13-14H,9,12H2,1-4H3,(H,23,24,25). The molecule has 0 atom stereocenters. The van der Waals surface area contributed by atoms with Gasteiger partial charge < -0.3 is 10.2 Å². The lowest BCUT2D eigenvalue weighted by atomic mass is 10.1. The van der Waals surface area contributed by atoms with Gasteiger partial charge in [-0.1, -0.05) is 12.1 Å². The number of likely N-dealkylation sites (N-methyl/N-ethyl adjacent to an activating group) is 1. The maximum atomic E-state index is 4.70. The van der Waals surface area contributed by atoms with Crippen LogP contribution in [-0.2, 0) is 6.42 Å². The summed E-state index contributed by atoms with van der Waals surface area (Å²) >= 11 is 0. The first-order chi connectivity index (χ1) is 12.5. The molecule has 1 aromatic carbocycles. The topological polar surface area (TPSA) is 53.9 Å². The Hall–Kier alpha value is -2.95. The van der Waals surface area contributed by atoms with Crippen LogP contribution in [0, 0.1) is 20.8 Å². The Morgan fingerprint density at radius 2 is 1.73 bits per heavy atom. The average Bonchev–Trinajstić information content (AvgIpc) is 2.63. The number of nitrogens with zero attached hydrogens (tertiary/aromatic N) is 4. The van der Waals surface area contributed by atoms with E-state index in [1.807, 2.05) is 44.6 Å². The quantitative estimate of drug-likeness (QED) is 0.723. The Kier molecular flexibility index (Phi) is 5.46. The highest BCUT2D eigenvalue weighted by Gasteiger charge is 2.09. The lowest BCUT2D eigenvalue weighted by molar-refractivity contribution is 0.833.